The summed E-state index contributed by atoms with van der Waals surface area (Å²) < 4.78 is 24.7. The van der Waals surface area contributed by atoms with Crippen LogP contribution in [0.15, 0.2) is 6.07 Å². The Labute approximate surface area is 101 Å². The summed E-state index contributed by atoms with van der Waals surface area (Å²) in [4.78, 5) is 23.8. The SMILES string of the molecule is NC(=O)c1cc([N+](=O)[O-])c(I)nc1C(F)F. The monoisotopic (exact) mass is 343 g/mol. The van der Waals surface area contributed by atoms with E-state index in [-0.39, 0.29) is 3.70 Å². The molecule has 6 nitrogen and oxygen atoms in total. The van der Waals surface area contributed by atoms with Gasteiger partial charge in [0.1, 0.15) is 5.69 Å². The van der Waals surface area contributed by atoms with Gasteiger partial charge in [0.05, 0.1) is 10.5 Å². The molecule has 1 rings (SSSR count). The zero-order valence-electron chi connectivity index (χ0n) is 7.49. The number of hydrogen-bond acceptors (Lipinski definition) is 4. The number of alkyl halides is 2. The number of carbonyl (C=O) groups excluding carboxylic acids is 1. The van der Waals surface area contributed by atoms with Crippen molar-refractivity contribution < 1.29 is 18.5 Å². The van der Waals surface area contributed by atoms with E-state index in [9.17, 15) is 23.7 Å². The van der Waals surface area contributed by atoms with Crippen LogP contribution in [-0.4, -0.2) is 15.8 Å². The van der Waals surface area contributed by atoms with Crippen LogP contribution in [0.5, 0.6) is 0 Å². The molecule has 0 fully saturated rings. The molecule has 0 saturated carbocycles. The number of hydrogen-bond donors (Lipinski definition) is 1. The number of nitrogens with zero attached hydrogens (tertiary/aromatic N) is 2. The van der Waals surface area contributed by atoms with E-state index in [1.165, 1.54) is 22.6 Å². The van der Waals surface area contributed by atoms with Crippen LogP contribution in [0.2, 0.25) is 0 Å². The minimum Gasteiger partial charge on any atom is -0.366 e. The summed E-state index contributed by atoms with van der Waals surface area (Å²) in [6, 6.07) is 0.707. The molecule has 1 heterocycles. The number of carbonyl (C=O) groups is 1. The summed E-state index contributed by atoms with van der Waals surface area (Å²) >= 11 is 1.44. The normalized spacial score (nSPS) is 10.5. The van der Waals surface area contributed by atoms with E-state index < -0.39 is 34.2 Å². The largest absolute Gasteiger partial charge is 0.366 e. The van der Waals surface area contributed by atoms with Gasteiger partial charge in [-0.1, -0.05) is 0 Å². The molecule has 0 saturated heterocycles. The molecule has 1 aromatic heterocycles. The molecule has 0 radical (unpaired) electrons. The van der Waals surface area contributed by atoms with Crippen molar-refractivity contribution in [3.8, 4) is 0 Å². The fourth-order valence-corrected chi connectivity index (χ4v) is 1.60. The van der Waals surface area contributed by atoms with Crippen molar-refractivity contribution in [1.29, 1.82) is 0 Å². The van der Waals surface area contributed by atoms with Gasteiger partial charge in [-0.15, -0.1) is 0 Å². The van der Waals surface area contributed by atoms with Gasteiger partial charge >= 0.3 is 5.69 Å². The summed E-state index contributed by atoms with van der Waals surface area (Å²) in [5.41, 5.74) is 2.82. The smallest absolute Gasteiger partial charge is 0.301 e. The summed E-state index contributed by atoms with van der Waals surface area (Å²) in [7, 11) is 0. The Kier molecular flexibility index (Phi) is 3.67. The van der Waals surface area contributed by atoms with Gasteiger partial charge in [-0.05, 0) is 22.6 Å². The Morgan fingerprint density at radius 2 is 2.19 bits per heavy atom. The standard InChI is InChI=1S/C7H4F2IN3O3/c8-5(9)4-2(7(11)14)1-3(13(15)16)6(10)12-4/h1,5H,(H2,11,14). The Balaban J connectivity index is 3.49. The third-order valence-electron chi connectivity index (χ3n) is 1.66. The van der Waals surface area contributed by atoms with Crippen LogP contribution in [0.3, 0.4) is 0 Å². The minimum atomic E-state index is -3.02. The van der Waals surface area contributed by atoms with E-state index in [4.69, 9.17) is 5.73 Å². The summed E-state index contributed by atoms with van der Waals surface area (Å²) in [6.45, 7) is 0. The van der Waals surface area contributed by atoms with Crippen LogP contribution in [-0.2, 0) is 0 Å². The Hall–Kier alpha value is -1.39. The zero-order chi connectivity index (χ0) is 12.5. The molecular weight excluding hydrogens is 339 g/mol. The molecule has 0 spiro atoms. The highest BCUT2D eigenvalue weighted by Crippen LogP contribution is 2.27. The number of rotatable bonds is 3. The molecule has 0 aromatic carbocycles. The van der Waals surface area contributed by atoms with Crippen LogP contribution in [0.4, 0.5) is 14.5 Å². The molecule has 1 aromatic rings. The second kappa shape index (κ2) is 4.63. The molecule has 0 atom stereocenters. The van der Waals surface area contributed by atoms with Gasteiger partial charge in [-0.25, -0.2) is 13.8 Å². The van der Waals surface area contributed by atoms with Gasteiger partial charge in [0.25, 0.3) is 12.3 Å². The number of aromatic nitrogens is 1. The first-order valence-corrected chi connectivity index (χ1v) is 4.85. The summed E-state index contributed by atoms with van der Waals surface area (Å²) in [6.07, 6.45) is -3.02. The van der Waals surface area contributed by atoms with Crippen LogP contribution in [0.25, 0.3) is 0 Å². The molecule has 16 heavy (non-hydrogen) atoms. The quantitative estimate of drug-likeness (QED) is 0.390. The number of halogens is 3. The number of pyridine rings is 1. The van der Waals surface area contributed by atoms with E-state index in [1.807, 2.05) is 0 Å². The third kappa shape index (κ3) is 2.40. The van der Waals surface area contributed by atoms with Crippen LogP contribution < -0.4 is 5.73 Å². The molecule has 1 amide bonds. The van der Waals surface area contributed by atoms with Gasteiger partial charge in [0, 0.05) is 6.07 Å². The van der Waals surface area contributed by atoms with Gasteiger partial charge < -0.3 is 5.73 Å². The molecular formula is C7H4F2IN3O3. The molecule has 0 unspecified atom stereocenters. The van der Waals surface area contributed by atoms with Crippen molar-refractivity contribution in [2.75, 3.05) is 0 Å². The van der Waals surface area contributed by atoms with E-state index in [1.54, 1.807) is 0 Å². The lowest BCUT2D eigenvalue weighted by atomic mass is 10.1. The first kappa shape index (κ1) is 12.7. The summed E-state index contributed by atoms with van der Waals surface area (Å²) in [5, 5.41) is 10.5. The van der Waals surface area contributed by atoms with Gasteiger partial charge in [0.2, 0.25) is 0 Å². The molecule has 2 N–H and O–H groups in total. The van der Waals surface area contributed by atoms with Crippen molar-refractivity contribution in [3.63, 3.8) is 0 Å². The van der Waals surface area contributed by atoms with Crippen molar-refractivity contribution in [1.82, 2.24) is 4.98 Å². The van der Waals surface area contributed by atoms with Gasteiger partial charge in [0.15, 0.2) is 3.70 Å². The van der Waals surface area contributed by atoms with Crippen LogP contribution in [0, 0.1) is 13.8 Å². The molecule has 0 bridgehead atoms. The topological polar surface area (TPSA) is 99.1 Å². The minimum absolute atomic E-state index is 0.220. The molecule has 0 aliphatic heterocycles. The maximum Gasteiger partial charge on any atom is 0.301 e. The van der Waals surface area contributed by atoms with E-state index in [0.717, 1.165) is 0 Å². The highest BCUT2D eigenvalue weighted by molar-refractivity contribution is 14.1. The first-order valence-electron chi connectivity index (χ1n) is 3.77. The van der Waals surface area contributed by atoms with Crippen molar-refractivity contribution in [2.24, 2.45) is 5.73 Å². The maximum absolute atomic E-state index is 12.5. The van der Waals surface area contributed by atoms with Crippen molar-refractivity contribution >= 4 is 34.2 Å². The molecule has 0 aliphatic carbocycles. The predicted octanol–water partition coefficient (Wildman–Crippen LogP) is 1.63. The molecule has 0 aliphatic rings. The van der Waals surface area contributed by atoms with E-state index >= 15 is 0 Å². The highest BCUT2D eigenvalue weighted by atomic mass is 127. The van der Waals surface area contributed by atoms with Crippen molar-refractivity contribution in [2.45, 2.75) is 6.43 Å². The fourth-order valence-electron chi connectivity index (χ4n) is 0.985. The lowest BCUT2D eigenvalue weighted by Gasteiger charge is -2.05. The van der Waals surface area contributed by atoms with E-state index in [2.05, 4.69) is 4.98 Å². The average Bonchev–Trinajstić information content (AvgIpc) is 2.15. The Bertz CT molecular complexity index is 466. The van der Waals surface area contributed by atoms with E-state index in [0.29, 0.717) is 6.07 Å². The van der Waals surface area contributed by atoms with Crippen LogP contribution >= 0.6 is 22.6 Å². The number of nitrogens with two attached hydrogens (primary N) is 1. The summed E-state index contributed by atoms with van der Waals surface area (Å²) in [5.74, 6) is -1.18. The van der Waals surface area contributed by atoms with Crippen molar-refractivity contribution in [3.05, 3.63) is 31.1 Å². The zero-order valence-corrected chi connectivity index (χ0v) is 9.64. The Morgan fingerprint density at radius 3 is 2.56 bits per heavy atom. The lowest BCUT2D eigenvalue weighted by Crippen LogP contribution is -2.16. The Morgan fingerprint density at radius 1 is 1.62 bits per heavy atom. The number of primary amides is 1. The second-order valence-corrected chi connectivity index (χ2v) is 3.67. The maximum atomic E-state index is 12.5. The lowest BCUT2D eigenvalue weighted by molar-refractivity contribution is -0.386. The average molecular weight is 343 g/mol. The number of amides is 1. The first-order chi connectivity index (χ1) is 7.34. The third-order valence-corrected chi connectivity index (χ3v) is 2.45. The second-order valence-electron chi connectivity index (χ2n) is 2.65. The van der Waals surface area contributed by atoms with Crippen LogP contribution in [0.1, 0.15) is 22.5 Å². The fraction of sp³-hybridized carbons (Fsp3) is 0.143. The highest BCUT2D eigenvalue weighted by Gasteiger charge is 2.25. The molecule has 9 heteroatoms. The van der Waals surface area contributed by atoms with Gasteiger partial charge in [-0.2, -0.15) is 0 Å². The number of nitro groups is 1. The molecule has 86 valence electrons. The van der Waals surface area contributed by atoms with Gasteiger partial charge in [-0.3, -0.25) is 14.9 Å². The predicted molar refractivity (Wildman–Crippen MR) is 57.1 cm³/mol.